The standard InChI is InChI=1S/C13H23N5/c1-4-13(5-2)6-7-18(9-13)11-8-10(3)15-12(16-11)17-14/h8H,4-7,9,14H2,1-3H3,(H,15,16,17). The summed E-state index contributed by atoms with van der Waals surface area (Å²) in [6.07, 6.45) is 3.70. The van der Waals surface area contributed by atoms with Crippen molar-refractivity contribution in [3.8, 4) is 0 Å². The van der Waals surface area contributed by atoms with E-state index in [1.807, 2.05) is 13.0 Å². The first-order chi connectivity index (χ1) is 8.62. The van der Waals surface area contributed by atoms with Crippen molar-refractivity contribution in [3.63, 3.8) is 0 Å². The number of nitrogens with one attached hydrogen (secondary N) is 1. The molecule has 100 valence electrons. The normalized spacial score (nSPS) is 18.1. The summed E-state index contributed by atoms with van der Waals surface area (Å²) in [5.41, 5.74) is 3.93. The van der Waals surface area contributed by atoms with Crippen molar-refractivity contribution >= 4 is 11.8 Å². The zero-order valence-electron chi connectivity index (χ0n) is 11.5. The number of hydrogen-bond acceptors (Lipinski definition) is 5. The van der Waals surface area contributed by atoms with Crippen LogP contribution in [0, 0.1) is 12.3 Å². The highest BCUT2D eigenvalue weighted by Crippen LogP contribution is 2.38. The predicted octanol–water partition coefficient (Wildman–Crippen LogP) is 2.09. The van der Waals surface area contributed by atoms with Crippen LogP contribution in [0.4, 0.5) is 11.8 Å². The Morgan fingerprint density at radius 2 is 2.11 bits per heavy atom. The first kappa shape index (κ1) is 13.1. The fraction of sp³-hybridized carbons (Fsp3) is 0.692. The molecule has 0 radical (unpaired) electrons. The Hall–Kier alpha value is -1.36. The van der Waals surface area contributed by atoms with Crippen molar-refractivity contribution in [2.24, 2.45) is 11.3 Å². The van der Waals surface area contributed by atoms with Gasteiger partial charge in [-0.3, -0.25) is 5.43 Å². The van der Waals surface area contributed by atoms with Crippen LogP contribution in [0.1, 0.15) is 38.8 Å². The van der Waals surface area contributed by atoms with Crippen molar-refractivity contribution in [2.75, 3.05) is 23.4 Å². The molecule has 5 heteroatoms. The van der Waals surface area contributed by atoms with E-state index in [-0.39, 0.29) is 0 Å². The van der Waals surface area contributed by atoms with Gasteiger partial charge in [0.2, 0.25) is 5.95 Å². The molecule has 0 saturated carbocycles. The molecular formula is C13H23N5. The molecule has 0 amide bonds. The molecule has 18 heavy (non-hydrogen) atoms. The van der Waals surface area contributed by atoms with Gasteiger partial charge in [0.05, 0.1) is 0 Å². The number of nitrogens with zero attached hydrogens (tertiary/aromatic N) is 3. The summed E-state index contributed by atoms with van der Waals surface area (Å²) in [5.74, 6) is 6.88. The smallest absolute Gasteiger partial charge is 0.239 e. The van der Waals surface area contributed by atoms with E-state index in [0.717, 1.165) is 24.6 Å². The second-order valence-electron chi connectivity index (χ2n) is 5.21. The zero-order chi connectivity index (χ0) is 13.2. The fourth-order valence-electron chi connectivity index (χ4n) is 2.74. The lowest BCUT2D eigenvalue weighted by Crippen LogP contribution is -2.27. The van der Waals surface area contributed by atoms with Crippen LogP contribution in [0.15, 0.2) is 6.07 Å². The van der Waals surface area contributed by atoms with Gasteiger partial charge in [0.25, 0.3) is 0 Å². The molecule has 2 rings (SSSR count). The lowest BCUT2D eigenvalue weighted by Gasteiger charge is -2.26. The molecule has 1 aromatic heterocycles. The van der Waals surface area contributed by atoms with Crippen molar-refractivity contribution in [1.82, 2.24) is 9.97 Å². The topological polar surface area (TPSA) is 67.1 Å². The van der Waals surface area contributed by atoms with Crippen LogP contribution in [-0.2, 0) is 0 Å². The lowest BCUT2D eigenvalue weighted by atomic mass is 9.82. The van der Waals surface area contributed by atoms with E-state index in [1.165, 1.54) is 19.3 Å². The highest BCUT2D eigenvalue weighted by atomic mass is 15.3. The number of anilines is 2. The molecule has 0 atom stereocenters. The van der Waals surface area contributed by atoms with E-state index in [0.29, 0.717) is 11.4 Å². The average molecular weight is 249 g/mol. The monoisotopic (exact) mass is 249 g/mol. The van der Waals surface area contributed by atoms with Crippen molar-refractivity contribution in [2.45, 2.75) is 40.0 Å². The minimum absolute atomic E-state index is 0.454. The van der Waals surface area contributed by atoms with E-state index in [1.54, 1.807) is 0 Å². The molecule has 5 nitrogen and oxygen atoms in total. The van der Waals surface area contributed by atoms with Crippen LogP contribution < -0.4 is 16.2 Å². The largest absolute Gasteiger partial charge is 0.356 e. The third kappa shape index (κ3) is 2.41. The maximum absolute atomic E-state index is 5.40. The zero-order valence-corrected chi connectivity index (χ0v) is 11.5. The van der Waals surface area contributed by atoms with E-state index in [2.05, 4.69) is 34.1 Å². The van der Waals surface area contributed by atoms with Gasteiger partial charge in [0, 0.05) is 24.8 Å². The molecular weight excluding hydrogens is 226 g/mol. The second kappa shape index (κ2) is 5.10. The minimum atomic E-state index is 0.454. The number of hydrogen-bond donors (Lipinski definition) is 2. The molecule has 1 fully saturated rings. The van der Waals surface area contributed by atoms with Crippen LogP contribution in [0.3, 0.4) is 0 Å². The van der Waals surface area contributed by atoms with E-state index >= 15 is 0 Å². The van der Waals surface area contributed by atoms with Gasteiger partial charge in [-0.05, 0) is 31.6 Å². The van der Waals surface area contributed by atoms with Crippen molar-refractivity contribution in [3.05, 3.63) is 11.8 Å². The molecule has 0 aromatic carbocycles. The molecule has 1 aliphatic heterocycles. The Balaban J connectivity index is 2.21. The molecule has 1 saturated heterocycles. The van der Waals surface area contributed by atoms with Crippen LogP contribution >= 0.6 is 0 Å². The van der Waals surface area contributed by atoms with Gasteiger partial charge in [-0.25, -0.2) is 10.8 Å². The second-order valence-corrected chi connectivity index (χ2v) is 5.21. The first-order valence-electron chi connectivity index (χ1n) is 6.69. The lowest BCUT2D eigenvalue weighted by molar-refractivity contribution is 0.301. The highest BCUT2D eigenvalue weighted by Gasteiger charge is 2.35. The SMILES string of the molecule is CCC1(CC)CCN(c2cc(C)nc(NN)n2)C1. The number of rotatable bonds is 4. The summed E-state index contributed by atoms with van der Waals surface area (Å²) < 4.78 is 0. The van der Waals surface area contributed by atoms with Gasteiger partial charge in [-0.15, -0.1) is 0 Å². The third-order valence-corrected chi connectivity index (χ3v) is 4.23. The molecule has 0 unspecified atom stereocenters. The summed E-state index contributed by atoms with van der Waals surface area (Å²) in [4.78, 5) is 11.0. The highest BCUT2D eigenvalue weighted by molar-refractivity contribution is 5.45. The van der Waals surface area contributed by atoms with Crippen LogP contribution in [0.5, 0.6) is 0 Å². The van der Waals surface area contributed by atoms with Gasteiger partial charge in [0.15, 0.2) is 0 Å². The third-order valence-electron chi connectivity index (χ3n) is 4.23. The molecule has 0 bridgehead atoms. The van der Waals surface area contributed by atoms with Gasteiger partial charge in [-0.2, -0.15) is 4.98 Å². The Morgan fingerprint density at radius 3 is 2.67 bits per heavy atom. The number of aromatic nitrogens is 2. The Morgan fingerprint density at radius 1 is 1.39 bits per heavy atom. The minimum Gasteiger partial charge on any atom is -0.356 e. The molecule has 1 aliphatic rings. The summed E-state index contributed by atoms with van der Waals surface area (Å²) in [6, 6.07) is 2.03. The van der Waals surface area contributed by atoms with Crippen molar-refractivity contribution in [1.29, 1.82) is 0 Å². The van der Waals surface area contributed by atoms with Gasteiger partial charge in [0.1, 0.15) is 5.82 Å². The summed E-state index contributed by atoms with van der Waals surface area (Å²) in [5, 5.41) is 0. The Bertz CT molecular complexity index is 414. The van der Waals surface area contributed by atoms with Crippen LogP contribution in [0.2, 0.25) is 0 Å². The summed E-state index contributed by atoms with van der Waals surface area (Å²) in [7, 11) is 0. The van der Waals surface area contributed by atoms with E-state index in [9.17, 15) is 0 Å². The molecule has 1 aromatic rings. The maximum atomic E-state index is 5.40. The number of nitrogen functional groups attached to an aromatic ring is 1. The number of aryl methyl sites for hydroxylation is 1. The van der Waals surface area contributed by atoms with Crippen molar-refractivity contribution < 1.29 is 0 Å². The molecule has 2 heterocycles. The Kier molecular flexibility index (Phi) is 3.71. The average Bonchev–Trinajstić information content (AvgIpc) is 2.83. The maximum Gasteiger partial charge on any atom is 0.239 e. The van der Waals surface area contributed by atoms with Crippen LogP contribution in [0.25, 0.3) is 0 Å². The summed E-state index contributed by atoms with van der Waals surface area (Å²) in [6.45, 7) is 8.69. The molecule has 3 N–H and O–H groups in total. The number of nitrogens with two attached hydrogens (primary N) is 1. The van der Waals surface area contributed by atoms with E-state index in [4.69, 9.17) is 5.84 Å². The first-order valence-corrected chi connectivity index (χ1v) is 6.69. The van der Waals surface area contributed by atoms with Crippen LogP contribution in [-0.4, -0.2) is 23.1 Å². The molecule has 0 spiro atoms. The predicted molar refractivity (Wildman–Crippen MR) is 74.4 cm³/mol. The van der Waals surface area contributed by atoms with Gasteiger partial charge < -0.3 is 4.90 Å². The Labute approximate surface area is 109 Å². The summed E-state index contributed by atoms with van der Waals surface area (Å²) >= 11 is 0. The van der Waals surface area contributed by atoms with E-state index < -0.39 is 0 Å². The van der Waals surface area contributed by atoms with Gasteiger partial charge in [-0.1, -0.05) is 13.8 Å². The number of hydrazine groups is 1. The fourth-order valence-corrected chi connectivity index (χ4v) is 2.74. The molecule has 0 aliphatic carbocycles. The quantitative estimate of drug-likeness (QED) is 0.632. The van der Waals surface area contributed by atoms with Gasteiger partial charge >= 0.3 is 0 Å².